The molecule has 0 bridgehead atoms. The lowest BCUT2D eigenvalue weighted by Gasteiger charge is -2.20. The van der Waals surface area contributed by atoms with Crippen LogP contribution < -0.4 is 5.32 Å². The van der Waals surface area contributed by atoms with Crippen LogP contribution in [0.5, 0.6) is 0 Å². The van der Waals surface area contributed by atoms with E-state index in [1.54, 1.807) is 0 Å². The molecule has 0 aromatic rings. The van der Waals surface area contributed by atoms with E-state index in [9.17, 15) is 9.90 Å². The van der Waals surface area contributed by atoms with Crippen molar-refractivity contribution in [3.05, 3.63) is 0 Å². The highest BCUT2D eigenvalue weighted by Gasteiger charge is 2.30. The van der Waals surface area contributed by atoms with Gasteiger partial charge in [0.15, 0.2) is 0 Å². The Labute approximate surface area is 104 Å². The molecule has 0 aromatic carbocycles. The lowest BCUT2D eigenvalue weighted by atomic mass is 9.90. The Morgan fingerprint density at radius 2 is 1.65 bits per heavy atom. The van der Waals surface area contributed by atoms with Gasteiger partial charge in [-0.2, -0.15) is 0 Å². The van der Waals surface area contributed by atoms with Gasteiger partial charge in [0, 0.05) is 12.5 Å². The van der Waals surface area contributed by atoms with Gasteiger partial charge in [-0.3, -0.25) is 4.79 Å². The maximum absolute atomic E-state index is 12.0. The van der Waals surface area contributed by atoms with Crippen molar-refractivity contribution in [2.24, 2.45) is 11.8 Å². The second-order valence-corrected chi connectivity index (χ2v) is 5.69. The van der Waals surface area contributed by atoms with Gasteiger partial charge in [-0.1, -0.05) is 32.1 Å². The van der Waals surface area contributed by atoms with Crippen LogP contribution in [0.15, 0.2) is 0 Å². The zero-order valence-corrected chi connectivity index (χ0v) is 10.7. The fourth-order valence-electron chi connectivity index (χ4n) is 2.72. The molecule has 0 spiro atoms. The van der Waals surface area contributed by atoms with Gasteiger partial charge in [0.2, 0.25) is 5.91 Å². The summed E-state index contributed by atoms with van der Waals surface area (Å²) in [4.78, 5) is 12.0. The number of hydrogen-bond acceptors (Lipinski definition) is 2. The van der Waals surface area contributed by atoms with E-state index in [2.05, 4.69) is 5.32 Å². The van der Waals surface area contributed by atoms with Crippen LogP contribution >= 0.6 is 0 Å². The Balaban J connectivity index is 1.69. The molecule has 1 unspecified atom stereocenters. The Morgan fingerprint density at radius 3 is 2.24 bits per heavy atom. The molecule has 2 fully saturated rings. The first kappa shape index (κ1) is 12.9. The summed E-state index contributed by atoms with van der Waals surface area (Å²) in [5.74, 6) is 0.820. The normalized spacial score (nSPS) is 24.8. The zero-order valence-electron chi connectivity index (χ0n) is 10.7. The predicted octanol–water partition coefficient (Wildman–Crippen LogP) is 2.23. The minimum atomic E-state index is -0.312. The summed E-state index contributed by atoms with van der Waals surface area (Å²) in [6, 6.07) is 0. The molecular formula is C14H25NO2. The largest absolute Gasteiger partial charge is 0.391 e. The van der Waals surface area contributed by atoms with E-state index in [0.717, 1.165) is 25.7 Å². The molecule has 2 rings (SSSR count). The van der Waals surface area contributed by atoms with Crippen molar-refractivity contribution in [1.82, 2.24) is 5.32 Å². The molecule has 0 aliphatic heterocycles. The van der Waals surface area contributed by atoms with Crippen LogP contribution in [0.2, 0.25) is 0 Å². The first-order chi connectivity index (χ1) is 8.27. The minimum Gasteiger partial charge on any atom is -0.391 e. The first-order valence-corrected chi connectivity index (χ1v) is 7.23. The molecule has 2 aliphatic rings. The van der Waals surface area contributed by atoms with Crippen molar-refractivity contribution in [3.8, 4) is 0 Å². The van der Waals surface area contributed by atoms with Crippen molar-refractivity contribution in [2.75, 3.05) is 6.54 Å². The molecule has 98 valence electrons. The number of carbonyl (C=O) groups is 1. The second kappa shape index (κ2) is 6.39. The molecule has 3 nitrogen and oxygen atoms in total. The van der Waals surface area contributed by atoms with Gasteiger partial charge in [0.05, 0.1) is 6.10 Å². The average Bonchev–Trinajstić information content (AvgIpc) is 3.08. The fourth-order valence-corrected chi connectivity index (χ4v) is 2.72. The third kappa shape index (κ3) is 4.30. The summed E-state index contributed by atoms with van der Waals surface area (Å²) in [5.41, 5.74) is 0. The molecule has 0 saturated heterocycles. The van der Waals surface area contributed by atoms with E-state index in [1.807, 2.05) is 0 Å². The van der Waals surface area contributed by atoms with Crippen molar-refractivity contribution in [1.29, 1.82) is 0 Å². The highest BCUT2D eigenvalue weighted by Crippen LogP contribution is 2.32. The lowest BCUT2D eigenvalue weighted by Crippen LogP contribution is -2.37. The van der Waals surface area contributed by atoms with E-state index < -0.39 is 0 Å². The topological polar surface area (TPSA) is 49.3 Å². The molecule has 2 saturated carbocycles. The third-order valence-corrected chi connectivity index (χ3v) is 4.13. The summed E-state index contributed by atoms with van der Waals surface area (Å²) in [7, 11) is 0. The molecule has 2 aliphatic carbocycles. The van der Waals surface area contributed by atoms with E-state index in [4.69, 9.17) is 0 Å². The Hall–Kier alpha value is -0.570. The smallest absolute Gasteiger partial charge is 0.223 e. The van der Waals surface area contributed by atoms with Gasteiger partial charge in [0.25, 0.3) is 0 Å². The number of rotatable bonds is 4. The first-order valence-electron chi connectivity index (χ1n) is 7.23. The average molecular weight is 239 g/mol. The minimum absolute atomic E-state index is 0.173. The van der Waals surface area contributed by atoms with Crippen molar-refractivity contribution >= 4 is 5.91 Å². The van der Waals surface area contributed by atoms with E-state index in [0.29, 0.717) is 12.5 Å². The van der Waals surface area contributed by atoms with Gasteiger partial charge < -0.3 is 10.4 Å². The van der Waals surface area contributed by atoms with Crippen molar-refractivity contribution < 1.29 is 9.90 Å². The second-order valence-electron chi connectivity index (χ2n) is 5.69. The van der Waals surface area contributed by atoms with E-state index in [-0.39, 0.29) is 17.9 Å². The summed E-state index contributed by atoms with van der Waals surface area (Å²) in [6.45, 7) is 0.458. The van der Waals surface area contributed by atoms with Gasteiger partial charge in [-0.25, -0.2) is 0 Å². The maximum Gasteiger partial charge on any atom is 0.223 e. The zero-order chi connectivity index (χ0) is 12.1. The number of aliphatic hydroxyl groups is 1. The van der Waals surface area contributed by atoms with Crippen LogP contribution in [-0.2, 0) is 4.79 Å². The number of nitrogens with one attached hydrogen (secondary N) is 1. The van der Waals surface area contributed by atoms with Crippen LogP contribution in [0.3, 0.4) is 0 Å². The number of aliphatic hydroxyl groups excluding tert-OH is 1. The van der Waals surface area contributed by atoms with Gasteiger partial charge in [0.1, 0.15) is 0 Å². The van der Waals surface area contributed by atoms with E-state index in [1.165, 1.54) is 32.1 Å². The highest BCUT2D eigenvalue weighted by molar-refractivity contribution is 5.78. The number of amides is 1. The SMILES string of the molecule is O=C(NCC(O)C1CC1)C1CCCCCCC1. The molecule has 2 N–H and O–H groups in total. The Morgan fingerprint density at radius 1 is 1.06 bits per heavy atom. The molecule has 3 heteroatoms. The Bertz CT molecular complexity index is 243. The van der Waals surface area contributed by atoms with Crippen molar-refractivity contribution in [2.45, 2.75) is 63.9 Å². The van der Waals surface area contributed by atoms with Crippen LogP contribution in [0.1, 0.15) is 57.8 Å². The Kier molecular flexibility index (Phi) is 4.84. The highest BCUT2D eigenvalue weighted by atomic mass is 16.3. The van der Waals surface area contributed by atoms with Gasteiger partial charge >= 0.3 is 0 Å². The van der Waals surface area contributed by atoms with Crippen LogP contribution in [-0.4, -0.2) is 23.7 Å². The molecule has 17 heavy (non-hydrogen) atoms. The molecular weight excluding hydrogens is 214 g/mol. The van der Waals surface area contributed by atoms with Gasteiger partial charge in [-0.05, 0) is 31.6 Å². The monoisotopic (exact) mass is 239 g/mol. The van der Waals surface area contributed by atoms with Crippen molar-refractivity contribution in [3.63, 3.8) is 0 Å². The molecule has 0 radical (unpaired) electrons. The summed E-state index contributed by atoms with van der Waals surface area (Å²) in [6.07, 6.45) is 10.2. The van der Waals surface area contributed by atoms with Gasteiger partial charge in [-0.15, -0.1) is 0 Å². The number of hydrogen-bond donors (Lipinski definition) is 2. The quantitative estimate of drug-likeness (QED) is 0.790. The summed E-state index contributed by atoms with van der Waals surface area (Å²) < 4.78 is 0. The molecule has 1 atom stereocenters. The predicted molar refractivity (Wildman–Crippen MR) is 67.5 cm³/mol. The van der Waals surface area contributed by atoms with Crippen LogP contribution in [0.25, 0.3) is 0 Å². The van der Waals surface area contributed by atoms with Crippen LogP contribution in [0.4, 0.5) is 0 Å². The van der Waals surface area contributed by atoms with Crippen LogP contribution in [0, 0.1) is 11.8 Å². The maximum atomic E-state index is 12.0. The standard InChI is InChI=1S/C14H25NO2/c16-13(11-8-9-11)10-15-14(17)12-6-4-2-1-3-5-7-12/h11-13,16H,1-10H2,(H,15,17). The molecule has 0 heterocycles. The summed E-state index contributed by atoms with van der Waals surface area (Å²) >= 11 is 0. The molecule has 0 aromatic heterocycles. The summed E-state index contributed by atoms with van der Waals surface area (Å²) in [5, 5.41) is 12.7. The molecule has 1 amide bonds. The lowest BCUT2D eigenvalue weighted by molar-refractivity contribution is -0.126. The van der Waals surface area contributed by atoms with E-state index >= 15 is 0 Å². The fraction of sp³-hybridized carbons (Fsp3) is 0.929. The number of carbonyl (C=O) groups excluding carboxylic acids is 1. The third-order valence-electron chi connectivity index (χ3n) is 4.13.